The number of anilines is 2. The maximum Gasteiger partial charge on any atom is 0.257 e. The van der Waals surface area contributed by atoms with Gasteiger partial charge in [0.15, 0.2) is 5.65 Å². The van der Waals surface area contributed by atoms with Gasteiger partial charge < -0.3 is 20.7 Å². The van der Waals surface area contributed by atoms with Gasteiger partial charge in [-0.15, -0.1) is 0 Å². The van der Waals surface area contributed by atoms with Crippen LogP contribution in [0.15, 0.2) is 53.6 Å². The molecule has 0 aliphatic rings. The summed E-state index contributed by atoms with van der Waals surface area (Å²) >= 11 is 0. The molecular weight excluding hydrogens is 442 g/mol. The molecule has 2 aromatic heterocycles. The summed E-state index contributed by atoms with van der Waals surface area (Å²) in [5.41, 5.74) is 10.9. The molecular formula is C26H31N7O2. The summed E-state index contributed by atoms with van der Waals surface area (Å²) in [6, 6.07) is 15.4. The number of amides is 1. The predicted molar refractivity (Wildman–Crippen MR) is 141 cm³/mol. The Balaban J connectivity index is 1.69. The van der Waals surface area contributed by atoms with Crippen molar-refractivity contribution < 1.29 is 9.53 Å². The Morgan fingerprint density at radius 3 is 2.49 bits per heavy atom. The van der Waals surface area contributed by atoms with E-state index in [1.54, 1.807) is 6.21 Å². The minimum atomic E-state index is -0.314. The van der Waals surface area contributed by atoms with E-state index in [9.17, 15) is 4.79 Å². The number of nitrogen functional groups attached to an aromatic ring is 1. The molecule has 0 atom stereocenters. The van der Waals surface area contributed by atoms with Crippen LogP contribution in [0.2, 0.25) is 0 Å². The first-order valence-electron chi connectivity index (χ1n) is 11.6. The third-order valence-corrected chi connectivity index (χ3v) is 5.49. The van der Waals surface area contributed by atoms with Crippen LogP contribution in [0.4, 0.5) is 11.5 Å². The molecule has 4 rings (SSSR count). The van der Waals surface area contributed by atoms with Crippen LogP contribution in [-0.4, -0.2) is 60.1 Å². The molecule has 0 bridgehead atoms. The molecule has 9 nitrogen and oxygen atoms in total. The van der Waals surface area contributed by atoms with Crippen molar-refractivity contribution in [1.29, 1.82) is 0 Å². The highest BCUT2D eigenvalue weighted by atomic mass is 16.5. The lowest BCUT2D eigenvalue weighted by Crippen LogP contribution is -2.26. The average Bonchev–Trinajstić information content (AvgIpc) is 3.11. The fourth-order valence-electron chi connectivity index (χ4n) is 3.65. The average molecular weight is 474 g/mol. The van der Waals surface area contributed by atoms with Crippen LogP contribution in [-0.2, 0) is 4.74 Å². The van der Waals surface area contributed by atoms with Gasteiger partial charge in [0, 0.05) is 32.9 Å². The summed E-state index contributed by atoms with van der Waals surface area (Å²) in [6.45, 7) is 4.99. The number of rotatable bonds is 9. The molecule has 0 saturated carbocycles. The van der Waals surface area contributed by atoms with E-state index in [1.165, 1.54) is 4.68 Å². The number of fused-ring (bicyclic) bond motifs is 2. The molecule has 0 spiro atoms. The number of nitrogens with zero attached hydrogens (tertiary/aromatic N) is 5. The van der Waals surface area contributed by atoms with Gasteiger partial charge in [-0.25, -0.2) is 9.97 Å². The molecule has 0 fully saturated rings. The summed E-state index contributed by atoms with van der Waals surface area (Å²) in [5, 5.41) is 7.49. The van der Waals surface area contributed by atoms with E-state index in [2.05, 4.69) is 10.4 Å². The van der Waals surface area contributed by atoms with Crippen LogP contribution in [0.5, 0.6) is 0 Å². The number of hydrogen-bond acceptors (Lipinski definition) is 7. The fourth-order valence-corrected chi connectivity index (χ4v) is 3.65. The zero-order valence-corrected chi connectivity index (χ0v) is 20.5. The second-order valence-electron chi connectivity index (χ2n) is 8.72. The van der Waals surface area contributed by atoms with Gasteiger partial charge in [0.25, 0.3) is 5.91 Å². The number of hydrogen-bond donors (Lipinski definition) is 2. The van der Waals surface area contributed by atoms with Gasteiger partial charge in [0.2, 0.25) is 0 Å². The number of carbonyl (C=O) groups excluding carboxylic acids is 1. The molecule has 3 N–H and O–H groups in total. The van der Waals surface area contributed by atoms with Gasteiger partial charge in [0.1, 0.15) is 16.9 Å². The van der Waals surface area contributed by atoms with Crippen molar-refractivity contribution in [2.24, 2.45) is 5.10 Å². The van der Waals surface area contributed by atoms with Crippen LogP contribution in [0.25, 0.3) is 22.2 Å². The highest BCUT2D eigenvalue weighted by Crippen LogP contribution is 2.27. The van der Waals surface area contributed by atoms with Crippen molar-refractivity contribution in [3.05, 3.63) is 59.7 Å². The normalized spacial score (nSPS) is 11.7. The van der Waals surface area contributed by atoms with Crippen molar-refractivity contribution in [1.82, 2.24) is 20.0 Å². The molecule has 2 aromatic carbocycles. The first-order chi connectivity index (χ1) is 16.8. The summed E-state index contributed by atoms with van der Waals surface area (Å²) in [4.78, 5) is 24.6. The van der Waals surface area contributed by atoms with E-state index in [-0.39, 0.29) is 23.4 Å². The Morgan fingerprint density at radius 2 is 1.83 bits per heavy atom. The van der Waals surface area contributed by atoms with Crippen LogP contribution in [0, 0.1) is 0 Å². The Kier molecular flexibility index (Phi) is 7.26. The minimum absolute atomic E-state index is 0.153. The number of para-hydroxylation sites is 2. The van der Waals surface area contributed by atoms with E-state index in [0.717, 1.165) is 11.3 Å². The summed E-state index contributed by atoms with van der Waals surface area (Å²) in [5.74, 6) is -0.127. The van der Waals surface area contributed by atoms with Crippen molar-refractivity contribution in [2.75, 3.05) is 37.9 Å². The van der Waals surface area contributed by atoms with Crippen molar-refractivity contribution in [3.8, 4) is 0 Å². The quantitative estimate of drug-likeness (QED) is 0.284. The van der Waals surface area contributed by atoms with E-state index >= 15 is 0 Å². The topological polar surface area (TPSA) is 111 Å². The Hall–Kier alpha value is -3.98. The maximum absolute atomic E-state index is 13.1. The third-order valence-electron chi connectivity index (χ3n) is 5.49. The molecule has 0 aliphatic carbocycles. The molecule has 0 unspecified atom stereocenters. The molecule has 1 amide bonds. The molecule has 0 radical (unpaired) electrons. The van der Waals surface area contributed by atoms with Gasteiger partial charge in [0.05, 0.1) is 23.4 Å². The predicted octanol–water partition coefficient (Wildman–Crippen LogP) is 3.66. The first kappa shape index (κ1) is 24.2. The lowest BCUT2D eigenvalue weighted by atomic mass is 10.2. The van der Waals surface area contributed by atoms with Crippen LogP contribution >= 0.6 is 0 Å². The molecule has 0 aliphatic heterocycles. The monoisotopic (exact) mass is 473 g/mol. The third kappa shape index (κ3) is 5.41. The molecule has 4 aromatic rings. The lowest BCUT2D eigenvalue weighted by molar-refractivity contribution is 0.0757. The lowest BCUT2D eigenvalue weighted by Gasteiger charge is -2.11. The number of nitrogens with one attached hydrogen (secondary N) is 1. The van der Waals surface area contributed by atoms with Gasteiger partial charge in [-0.05, 0) is 50.1 Å². The van der Waals surface area contributed by atoms with E-state index < -0.39 is 0 Å². The van der Waals surface area contributed by atoms with Gasteiger partial charge in [-0.2, -0.15) is 9.78 Å². The van der Waals surface area contributed by atoms with Crippen molar-refractivity contribution >= 4 is 45.8 Å². The number of carbonyl (C=O) groups is 1. The second-order valence-corrected chi connectivity index (χ2v) is 8.72. The van der Waals surface area contributed by atoms with Crippen LogP contribution in [0.1, 0.15) is 36.2 Å². The van der Waals surface area contributed by atoms with E-state index in [1.807, 2.05) is 81.4 Å². The maximum atomic E-state index is 13.1. The molecule has 35 heavy (non-hydrogen) atoms. The van der Waals surface area contributed by atoms with E-state index in [0.29, 0.717) is 41.8 Å². The largest absolute Gasteiger partial charge is 0.383 e. The molecule has 2 heterocycles. The SMILES string of the molecule is CC(C)OCCCNC(=O)c1c(N)n(N=Cc2ccc(N(C)C)cc2)c2nc3ccccc3nc12. The Morgan fingerprint density at radius 1 is 1.14 bits per heavy atom. The Labute approximate surface area is 204 Å². The first-order valence-corrected chi connectivity index (χ1v) is 11.6. The summed E-state index contributed by atoms with van der Waals surface area (Å²) in [7, 11) is 3.98. The molecule has 182 valence electrons. The molecule has 9 heteroatoms. The van der Waals surface area contributed by atoms with E-state index in [4.69, 9.17) is 20.4 Å². The Bertz CT molecular complexity index is 1360. The number of aromatic nitrogens is 3. The highest BCUT2D eigenvalue weighted by Gasteiger charge is 2.23. The van der Waals surface area contributed by atoms with Crippen LogP contribution < -0.4 is 16.0 Å². The second kappa shape index (κ2) is 10.5. The van der Waals surface area contributed by atoms with Gasteiger partial charge >= 0.3 is 0 Å². The zero-order valence-electron chi connectivity index (χ0n) is 20.5. The fraction of sp³-hybridized carbons (Fsp3) is 0.308. The minimum Gasteiger partial charge on any atom is -0.383 e. The number of benzene rings is 2. The molecule has 0 saturated heterocycles. The number of nitrogens with two attached hydrogens (primary N) is 1. The highest BCUT2D eigenvalue weighted by molar-refractivity contribution is 6.10. The summed E-state index contributed by atoms with van der Waals surface area (Å²) < 4.78 is 7.02. The zero-order chi connectivity index (χ0) is 24.9. The van der Waals surface area contributed by atoms with Gasteiger partial charge in [-0.1, -0.05) is 24.3 Å². The smallest absolute Gasteiger partial charge is 0.257 e. The van der Waals surface area contributed by atoms with Crippen molar-refractivity contribution in [2.45, 2.75) is 26.4 Å². The van der Waals surface area contributed by atoms with Crippen molar-refractivity contribution in [3.63, 3.8) is 0 Å². The number of ether oxygens (including phenoxy) is 1. The van der Waals surface area contributed by atoms with Gasteiger partial charge in [-0.3, -0.25) is 4.79 Å². The summed E-state index contributed by atoms with van der Waals surface area (Å²) in [6.07, 6.45) is 2.54. The van der Waals surface area contributed by atoms with Crippen LogP contribution in [0.3, 0.4) is 0 Å². The standard InChI is InChI=1S/C26H31N7O2/c1-17(2)35-15-7-14-28-26(34)22-23-25(31-21-9-6-5-8-20(21)30-23)33(24(22)27)29-16-18-10-12-19(13-11-18)32(3)4/h5-6,8-13,16-17H,7,14-15,27H2,1-4H3,(H,28,34).